The van der Waals surface area contributed by atoms with Crippen LogP contribution in [0.15, 0.2) is 54.6 Å². The molecule has 3 rings (SSSR count). The van der Waals surface area contributed by atoms with E-state index in [2.05, 4.69) is 0 Å². The molecule has 2 atom stereocenters. The minimum atomic E-state index is -0.485. The van der Waals surface area contributed by atoms with Gasteiger partial charge in [-0.25, -0.2) is 0 Å². The van der Waals surface area contributed by atoms with Crippen molar-refractivity contribution in [3.8, 4) is 11.1 Å². The van der Waals surface area contributed by atoms with E-state index in [9.17, 15) is 9.90 Å². The fraction of sp³-hybridized carbons (Fsp3) is 0.278. The Morgan fingerprint density at radius 3 is 2.55 bits per heavy atom. The largest absolute Gasteiger partial charge is 0.391 e. The van der Waals surface area contributed by atoms with Crippen molar-refractivity contribution in [3.05, 3.63) is 60.2 Å². The lowest BCUT2D eigenvalue weighted by Gasteiger charge is -2.24. The molecule has 1 amide bonds. The lowest BCUT2D eigenvalue weighted by Crippen LogP contribution is -2.40. The van der Waals surface area contributed by atoms with E-state index in [0.717, 1.165) is 11.1 Å². The molecule has 4 heteroatoms. The second-order valence-corrected chi connectivity index (χ2v) is 5.65. The van der Waals surface area contributed by atoms with Crippen molar-refractivity contribution in [1.82, 2.24) is 4.90 Å². The molecule has 1 fully saturated rings. The number of hydrogen-bond acceptors (Lipinski definition) is 3. The quantitative estimate of drug-likeness (QED) is 0.909. The van der Waals surface area contributed by atoms with Gasteiger partial charge in [-0.15, -0.1) is 0 Å². The monoisotopic (exact) mass is 296 g/mol. The Kier molecular flexibility index (Phi) is 4.22. The van der Waals surface area contributed by atoms with Crippen LogP contribution in [0.2, 0.25) is 0 Å². The molecule has 3 N–H and O–H groups in total. The molecule has 0 saturated carbocycles. The van der Waals surface area contributed by atoms with Gasteiger partial charge < -0.3 is 15.7 Å². The predicted molar refractivity (Wildman–Crippen MR) is 86.4 cm³/mol. The van der Waals surface area contributed by atoms with Crippen LogP contribution in [0.25, 0.3) is 11.1 Å². The van der Waals surface area contributed by atoms with Gasteiger partial charge in [-0.1, -0.05) is 48.5 Å². The Bertz CT molecular complexity index is 657. The molecule has 22 heavy (non-hydrogen) atoms. The summed E-state index contributed by atoms with van der Waals surface area (Å²) < 4.78 is 0. The zero-order valence-electron chi connectivity index (χ0n) is 12.4. The van der Waals surface area contributed by atoms with Gasteiger partial charge in [0.2, 0.25) is 0 Å². The van der Waals surface area contributed by atoms with Crippen LogP contribution in [0.4, 0.5) is 0 Å². The normalized spacial score (nSPS) is 21.1. The van der Waals surface area contributed by atoms with Crippen molar-refractivity contribution in [2.75, 3.05) is 13.1 Å². The van der Waals surface area contributed by atoms with Crippen LogP contribution in [0, 0.1) is 0 Å². The van der Waals surface area contributed by atoms with Gasteiger partial charge >= 0.3 is 0 Å². The number of amides is 1. The van der Waals surface area contributed by atoms with E-state index in [0.29, 0.717) is 25.1 Å². The molecule has 1 heterocycles. The van der Waals surface area contributed by atoms with Crippen molar-refractivity contribution in [2.45, 2.75) is 18.6 Å². The average molecular weight is 296 g/mol. The summed E-state index contributed by atoms with van der Waals surface area (Å²) in [7, 11) is 0. The molecule has 2 aromatic carbocycles. The molecule has 4 nitrogen and oxygen atoms in total. The third-order valence-corrected chi connectivity index (χ3v) is 4.17. The molecule has 1 aliphatic heterocycles. The third-order valence-electron chi connectivity index (χ3n) is 4.17. The molecule has 0 bridgehead atoms. The first kappa shape index (κ1) is 14.8. The van der Waals surface area contributed by atoms with Crippen LogP contribution in [0.3, 0.4) is 0 Å². The first-order valence-electron chi connectivity index (χ1n) is 7.54. The number of β-amino-alcohol motifs (C(OH)–C–C–N with tert-alkyl or cyclic N) is 1. The molecule has 114 valence electrons. The van der Waals surface area contributed by atoms with Crippen LogP contribution in [-0.2, 0) is 0 Å². The fourth-order valence-corrected chi connectivity index (χ4v) is 3.06. The summed E-state index contributed by atoms with van der Waals surface area (Å²) in [5.41, 5.74) is 8.32. The Balaban J connectivity index is 1.97. The van der Waals surface area contributed by atoms with E-state index in [1.165, 1.54) is 0 Å². The number of hydrogen-bond donors (Lipinski definition) is 2. The number of benzene rings is 2. The summed E-state index contributed by atoms with van der Waals surface area (Å²) in [5.74, 6) is -0.0635. The van der Waals surface area contributed by atoms with Crippen LogP contribution in [0.1, 0.15) is 16.8 Å². The summed E-state index contributed by atoms with van der Waals surface area (Å²) in [5, 5.41) is 9.83. The maximum Gasteiger partial charge on any atom is 0.254 e. The molecular weight excluding hydrogens is 276 g/mol. The molecule has 0 unspecified atom stereocenters. The minimum absolute atomic E-state index is 0.0635. The number of carbonyl (C=O) groups is 1. The molecule has 0 radical (unpaired) electrons. The zero-order chi connectivity index (χ0) is 15.5. The topological polar surface area (TPSA) is 66.6 Å². The molecule has 0 spiro atoms. The number of rotatable bonds is 3. The third kappa shape index (κ3) is 2.75. The van der Waals surface area contributed by atoms with Gasteiger partial charge in [0.25, 0.3) is 5.91 Å². The van der Waals surface area contributed by atoms with Gasteiger partial charge in [0, 0.05) is 24.7 Å². The van der Waals surface area contributed by atoms with Crippen molar-refractivity contribution in [3.63, 3.8) is 0 Å². The van der Waals surface area contributed by atoms with E-state index < -0.39 is 6.10 Å². The molecule has 1 aliphatic rings. The summed E-state index contributed by atoms with van der Waals surface area (Å²) in [6.07, 6.45) is 0.0665. The number of aliphatic hydroxyl groups is 1. The van der Waals surface area contributed by atoms with E-state index in [-0.39, 0.29) is 11.9 Å². The summed E-state index contributed by atoms with van der Waals surface area (Å²) in [4.78, 5) is 14.6. The average Bonchev–Trinajstić information content (AvgIpc) is 2.96. The maximum absolute atomic E-state index is 12.9. The first-order valence-corrected chi connectivity index (χ1v) is 7.54. The number of nitrogens with two attached hydrogens (primary N) is 1. The zero-order valence-corrected chi connectivity index (χ0v) is 12.4. The molecular formula is C18H20N2O2. The molecule has 0 aromatic heterocycles. The number of aliphatic hydroxyl groups excluding tert-OH is 1. The minimum Gasteiger partial charge on any atom is -0.391 e. The lowest BCUT2D eigenvalue weighted by atomic mass is 9.98. The van der Waals surface area contributed by atoms with Gasteiger partial charge in [-0.3, -0.25) is 4.79 Å². The van der Waals surface area contributed by atoms with E-state index in [1.807, 2.05) is 54.6 Å². The second-order valence-electron chi connectivity index (χ2n) is 5.65. The van der Waals surface area contributed by atoms with Gasteiger partial charge in [0.05, 0.1) is 6.10 Å². The second kappa shape index (κ2) is 6.30. The predicted octanol–water partition coefficient (Wildman–Crippen LogP) is 1.89. The number of carbonyl (C=O) groups excluding carboxylic acids is 1. The summed E-state index contributed by atoms with van der Waals surface area (Å²) in [6.45, 7) is 0.722. The van der Waals surface area contributed by atoms with Crippen molar-refractivity contribution in [1.29, 1.82) is 0 Å². The molecule has 2 aromatic rings. The van der Waals surface area contributed by atoms with Gasteiger partial charge in [-0.2, -0.15) is 0 Å². The standard InChI is InChI=1S/C18H20N2O2/c19-11-14-10-15(21)12-20(14)18(22)17-9-5-4-8-16(17)13-6-2-1-3-7-13/h1-9,14-15,21H,10-12,19H2/t14-,15+/m0/s1. The number of likely N-dealkylation sites (tertiary alicyclic amines) is 1. The number of nitrogens with zero attached hydrogens (tertiary/aromatic N) is 1. The fourth-order valence-electron chi connectivity index (χ4n) is 3.06. The van der Waals surface area contributed by atoms with Crippen molar-refractivity contribution >= 4 is 5.91 Å². The Morgan fingerprint density at radius 1 is 1.14 bits per heavy atom. The Hall–Kier alpha value is -2.17. The van der Waals surface area contributed by atoms with Crippen molar-refractivity contribution < 1.29 is 9.90 Å². The summed E-state index contributed by atoms with van der Waals surface area (Å²) >= 11 is 0. The van der Waals surface area contributed by atoms with E-state index >= 15 is 0 Å². The van der Waals surface area contributed by atoms with E-state index in [4.69, 9.17) is 5.73 Å². The lowest BCUT2D eigenvalue weighted by molar-refractivity contribution is 0.0721. The van der Waals surface area contributed by atoms with Crippen molar-refractivity contribution in [2.24, 2.45) is 5.73 Å². The van der Waals surface area contributed by atoms with Gasteiger partial charge in [-0.05, 0) is 23.6 Å². The van der Waals surface area contributed by atoms with Crippen LogP contribution >= 0.6 is 0 Å². The summed E-state index contributed by atoms with van der Waals surface area (Å²) in [6, 6.07) is 17.3. The van der Waals surface area contributed by atoms with E-state index in [1.54, 1.807) is 4.90 Å². The highest BCUT2D eigenvalue weighted by Crippen LogP contribution is 2.27. The smallest absolute Gasteiger partial charge is 0.254 e. The highest BCUT2D eigenvalue weighted by molar-refractivity contribution is 6.01. The SMILES string of the molecule is NC[C@@H]1C[C@@H](O)CN1C(=O)c1ccccc1-c1ccccc1. The maximum atomic E-state index is 12.9. The highest BCUT2D eigenvalue weighted by Gasteiger charge is 2.34. The van der Waals surface area contributed by atoms with Crippen LogP contribution in [-0.4, -0.2) is 41.1 Å². The van der Waals surface area contributed by atoms with Gasteiger partial charge in [0.1, 0.15) is 0 Å². The highest BCUT2D eigenvalue weighted by atomic mass is 16.3. The van der Waals surface area contributed by atoms with Crippen LogP contribution in [0.5, 0.6) is 0 Å². The first-order chi connectivity index (χ1) is 10.7. The Labute approximate surface area is 130 Å². The Morgan fingerprint density at radius 2 is 1.82 bits per heavy atom. The molecule has 1 saturated heterocycles. The molecule has 0 aliphatic carbocycles. The van der Waals surface area contributed by atoms with Gasteiger partial charge in [0.15, 0.2) is 0 Å². The van der Waals surface area contributed by atoms with Crippen LogP contribution < -0.4 is 5.73 Å².